The molecule has 0 spiro atoms. The highest BCUT2D eigenvalue weighted by Crippen LogP contribution is 2.52. The molecule has 0 fully saturated rings. The third-order valence-electron chi connectivity index (χ3n) is 4.48. The second kappa shape index (κ2) is 4.61. The first kappa shape index (κ1) is 14.3. The molecule has 118 valence electrons. The predicted octanol–water partition coefficient (Wildman–Crippen LogP) is 3.32. The van der Waals surface area contributed by atoms with Crippen molar-refractivity contribution in [3.8, 4) is 11.5 Å². The largest absolute Gasteiger partial charge is 0.711 e. The molecular weight excluding hydrogens is 308 g/mol. The lowest BCUT2D eigenvalue weighted by molar-refractivity contribution is 0.0986. The molecule has 0 saturated heterocycles. The predicted molar refractivity (Wildman–Crippen MR) is 85.1 cm³/mol. The molecule has 0 saturated carbocycles. The number of carbonyl (C=O) groups is 2. The van der Waals surface area contributed by atoms with Crippen molar-refractivity contribution in [2.45, 2.75) is 13.0 Å². The quantitative estimate of drug-likeness (QED) is 0.786. The zero-order valence-corrected chi connectivity index (χ0v) is 12.6. The summed E-state index contributed by atoms with van der Waals surface area (Å²) in [5, 5.41) is 23.6. The molecule has 2 aliphatic rings. The number of phenols is 2. The number of aryl methyl sites for hydroxylation is 1. The van der Waals surface area contributed by atoms with Crippen molar-refractivity contribution in [3.05, 3.63) is 69.3 Å². The number of rotatable bonds is 1. The van der Waals surface area contributed by atoms with Crippen molar-refractivity contribution in [2.75, 3.05) is 0 Å². The molecule has 24 heavy (non-hydrogen) atoms. The Labute approximate surface area is 136 Å². The van der Waals surface area contributed by atoms with E-state index in [1.807, 2.05) is 0 Å². The number of phenolic OH excluding ortho intramolecular Hbond substituents is 2. The van der Waals surface area contributed by atoms with Crippen LogP contribution in [0, 0.1) is 6.92 Å². The van der Waals surface area contributed by atoms with Gasteiger partial charge >= 0.3 is 0 Å². The van der Waals surface area contributed by atoms with Gasteiger partial charge in [0, 0.05) is 22.3 Å². The average Bonchev–Trinajstić information content (AvgIpc) is 2.87. The van der Waals surface area contributed by atoms with Crippen LogP contribution < -0.4 is 0 Å². The fourth-order valence-electron chi connectivity index (χ4n) is 3.54. The van der Waals surface area contributed by atoms with Gasteiger partial charge in [0.05, 0.1) is 11.6 Å². The molecule has 1 atom stereocenters. The van der Waals surface area contributed by atoms with Crippen LogP contribution in [0.3, 0.4) is 0 Å². The van der Waals surface area contributed by atoms with E-state index >= 15 is 0 Å². The van der Waals surface area contributed by atoms with Crippen LogP contribution in [0.25, 0.3) is 11.1 Å². The fourth-order valence-corrected chi connectivity index (χ4v) is 3.54. The normalized spacial score (nSPS) is 18.3. The van der Waals surface area contributed by atoms with E-state index in [1.165, 1.54) is 24.3 Å². The average molecular weight is 319 g/mol. The van der Waals surface area contributed by atoms with Crippen LogP contribution in [-0.4, -0.2) is 21.8 Å². The van der Waals surface area contributed by atoms with Crippen LogP contribution >= 0.6 is 0 Å². The summed E-state index contributed by atoms with van der Waals surface area (Å²) in [4.78, 5) is 25.8. The molecule has 0 aromatic heterocycles. The van der Waals surface area contributed by atoms with Gasteiger partial charge in [0.15, 0.2) is 11.6 Å². The number of carbonyl (C=O) groups excluding carboxylic acids is 2. The summed E-state index contributed by atoms with van der Waals surface area (Å²) in [5.74, 6) is -1.50. The topological polar surface area (TPSA) is 109 Å². The van der Waals surface area contributed by atoms with Gasteiger partial charge in [-0.15, -0.1) is 0 Å². The molecule has 0 aliphatic heterocycles. The summed E-state index contributed by atoms with van der Waals surface area (Å²) in [6, 6.07) is 6.34. The monoisotopic (exact) mass is 319 g/mol. The highest BCUT2D eigenvalue weighted by Gasteiger charge is 2.44. The van der Waals surface area contributed by atoms with Gasteiger partial charge in [0.1, 0.15) is 11.5 Å². The van der Waals surface area contributed by atoms with E-state index in [1.54, 1.807) is 13.0 Å². The summed E-state index contributed by atoms with van der Waals surface area (Å²) >= 11 is 0. The Hall–Kier alpha value is -3.28. The minimum atomic E-state index is -1.06. The second-order valence-electron chi connectivity index (χ2n) is 5.91. The SMILES string of the molecule is Cc1cc(O)c2c(c1)C(N=[N-])C1=C2C(=O)c2cccc(O)c2C1=O. The Morgan fingerprint density at radius 2 is 1.79 bits per heavy atom. The maximum atomic E-state index is 12.9. The van der Waals surface area contributed by atoms with E-state index < -0.39 is 17.6 Å². The lowest BCUT2D eigenvalue weighted by atomic mass is 9.83. The standard InChI is InChI=1S/C18H11N2O4/c1-7-5-9-12(11(22)6-7)14-15(16(9)20-19)18(24)13-8(17(14)23)3-2-4-10(13)21/h2-6,16,21-22H,1H3/q-1. The lowest BCUT2D eigenvalue weighted by Gasteiger charge is -2.20. The van der Waals surface area contributed by atoms with Gasteiger partial charge < -0.3 is 20.9 Å². The van der Waals surface area contributed by atoms with Gasteiger partial charge in [-0.25, -0.2) is 0 Å². The molecule has 2 aromatic rings. The first-order valence-corrected chi connectivity index (χ1v) is 7.29. The molecule has 0 bridgehead atoms. The number of ketones is 2. The lowest BCUT2D eigenvalue weighted by Crippen LogP contribution is -2.20. The molecule has 2 N–H and O–H groups in total. The first-order chi connectivity index (χ1) is 11.5. The zero-order chi connectivity index (χ0) is 17.2. The maximum absolute atomic E-state index is 12.9. The number of hydrogen-bond acceptors (Lipinski definition) is 5. The number of allylic oxidation sites excluding steroid dienone is 1. The minimum absolute atomic E-state index is 0.0209. The Balaban J connectivity index is 2.09. The molecule has 0 amide bonds. The molecule has 6 nitrogen and oxygen atoms in total. The van der Waals surface area contributed by atoms with Crippen LogP contribution in [0.15, 0.2) is 41.0 Å². The number of Topliss-reactive ketones (excluding diaryl/α,β-unsaturated/α-hetero) is 2. The number of nitrogens with zero attached hydrogens (tertiary/aromatic N) is 2. The van der Waals surface area contributed by atoms with Gasteiger partial charge in [0.2, 0.25) is 0 Å². The van der Waals surface area contributed by atoms with Crippen molar-refractivity contribution in [1.29, 1.82) is 0 Å². The van der Waals surface area contributed by atoms with Crippen LogP contribution in [0.2, 0.25) is 0 Å². The Morgan fingerprint density at radius 1 is 1.04 bits per heavy atom. The smallest absolute Gasteiger partial charge is 0.196 e. The van der Waals surface area contributed by atoms with Gasteiger partial charge in [-0.1, -0.05) is 18.2 Å². The van der Waals surface area contributed by atoms with Crippen molar-refractivity contribution in [2.24, 2.45) is 5.11 Å². The highest BCUT2D eigenvalue weighted by molar-refractivity contribution is 6.43. The third-order valence-corrected chi connectivity index (χ3v) is 4.48. The van der Waals surface area contributed by atoms with Gasteiger partial charge in [-0.05, 0) is 30.2 Å². The van der Waals surface area contributed by atoms with Crippen LogP contribution in [0.4, 0.5) is 0 Å². The Morgan fingerprint density at radius 3 is 2.50 bits per heavy atom. The van der Waals surface area contributed by atoms with Crippen molar-refractivity contribution >= 4 is 17.1 Å². The van der Waals surface area contributed by atoms with E-state index in [4.69, 9.17) is 0 Å². The minimum Gasteiger partial charge on any atom is -0.711 e. The van der Waals surface area contributed by atoms with E-state index in [0.29, 0.717) is 11.1 Å². The van der Waals surface area contributed by atoms with E-state index in [-0.39, 0.29) is 39.3 Å². The van der Waals surface area contributed by atoms with Crippen molar-refractivity contribution in [3.63, 3.8) is 0 Å². The number of fused-ring (bicyclic) bond motifs is 3. The molecule has 2 aliphatic carbocycles. The molecule has 0 heterocycles. The van der Waals surface area contributed by atoms with Gasteiger partial charge in [-0.3, -0.25) is 9.59 Å². The van der Waals surface area contributed by atoms with E-state index in [2.05, 4.69) is 5.11 Å². The fraction of sp³-hybridized carbons (Fsp3) is 0.111. The zero-order valence-electron chi connectivity index (χ0n) is 12.6. The third kappa shape index (κ3) is 1.59. The van der Waals surface area contributed by atoms with E-state index in [0.717, 1.165) is 0 Å². The summed E-state index contributed by atoms with van der Waals surface area (Å²) < 4.78 is 0. The van der Waals surface area contributed by atoms with Crippen LogP contribution in [-0.2, 0) is 0 Å². The number of benzene rings is 2. The van der Waals surface area contributed by atoms with E-state index in [9.17, 15) is 25.3 Å². The highest BCUT2D eigenvalue weighted by atomic mass is 16.3. The Bertz CT molecular complexity index is 1000. The van der Waals surface area contributed by atoms with Crippen molar-refractivity contribution < 1.29 is 19.8 Å². The van der Waals surface area contributed by atoms with Gasteiger partial charge in [0.25, 0.3) is 0 Å². The van der Waals surface area contributed by atoms with Crippen LogP contribution in [0.1, 0.15) is 43.4 Å². The number of aromatic hydroxyl groups is 2. The van der Waals surface area contributed by atoms with Gasteiger partial charge in [-0.2, -0.15) is 0 Å². The number of hydrogen-bond donors (Lipinski definition) is 2. The molecule has 1 unspecified atom stereocenters. The van der Waals surface area contributed by atoms with Crippen molar-refractivity contribution in [1.82, 2.24) is 0 Å². The van der Waals surface area contributed by atoms with Crippen LogP contribution in [0.5, 0.6) is 11.5 Å². The molecule has 6 heteroatoms. The first-order valence-electron chi connectivity index (χ1n) is 7.29. The second-order valence-corrected chi connectivity index (χ2v) is 5.91. The molecular formula is C18H11N2O4-. The maximum Gasteiger partial charge on any atom is 0.196 e. The Kier molecular flexibility index (Phi) is 2.75. The summed E-state index contributed by atoms with van der Waals surface area (Å²) in [7, 11) is 0. The molecule has 0 radical (unpaired) electrons. The summed E-state index contributed by atoms with van der Waals surface area (Å²) in [6.07, 6.45) is 0. The summed E-state index contributed by atoms with van der Waals surface area (Å²) in [6.45, 7) is 1.75. The summed E-state index contributed by atoms with van der Waals surface area (Å²) in [5.41, 5.74) is 10.7. The molecule has 2 aromatic carbocycles. The molecule has 4 rings (SSSR count).